The van der Waals surface area contributed by atoms with Crippen molar-refractivity contribution in [2.24, 2.45) is 0 Å². The predicted molar refractivity (Wildman–Crippen MR) is 72.3 cm³/mol. The van der Waals surface area contributed by atoms with Crippen molar-refractivity contribution in [1.82, 2.24) is 19.7 Å². The van der Waals surface area contributed by atoms with Crippen LogP contribution in [-0.4, -0.2) is 37.3 Å². The van der Waals surface area contributed by atoms with Crippen LogP contribution in [0.1, 0.15) is 27.4 Å². The van der Waals surface area contributed by atoms with Crippen LogP contribution in [0.3, 0.4) is 0 Å². The molecule has 0 amide bonds. The Morgan fingerprint density at radius 3 is 3.10 bits per heavy atom. The molecule has 1 N–H and O–H groups in total. The van der Waals surface area contributed by atoms with Crippen LogP contribution in [0, 0.1) is 6.92 Å². The summed E-state index contributed by atoms with van der Waals surface area (Å²) >= 11 is 0. The highest BCUT2D eigenvalue weighted by atomic mass is 16.4. The van der Waals surface area contributed by atoms with Crippen LogP contribution in [0.2, 0.25) is 0 Å². The Bertz CT molecular complexity index is 650. The Morgan fingerprint density at radius 2 is 2.30 bits per heavy atom. The number of carbonyl (C=O) groups is 1. The van der Waals surface area contributed by atoms with E-state index in [0.29, 0.717) is 12.2 Å². The van der Waals surface area contributed by atoms with E-state index in [2.05, 4.69) is 21.0 Å². The highest BCUT2D eigenvalue weighted by Crippen LogP contribution is 2.16. The van der Waals surface area contributed by atoms with Gasteiger partial charge in [-0.1, -0.05) is 0 Å². The van der Waals surface area contributed by atoms with Gasteiger partial charge in [-0.3, -0.25) is 14.6 Å². The summed E-state index contributed by atoms with van der Waals surface area (Å²) in [5, 5.41) is 13.6. The molecule has 0 fully saturated rings. The molecule has 0 unspecified atom stereocenters. The van der Waals surface area contributed by atoms with Crippen LogP contribution < -0.4 is 0 Å². The zero-order valence-electron chi connectivity index (χ0n) is 11.3. The van der Waals surface area contributed by atoms with Crippen LogP contribution in [0.4, 0.5) is 0 Å². The molecule has 0 aliphatic carbocycles. The first kappa shape index (κ1) is 12.8. The molecule has 0 atom stereocenters. The molecule has 2 aromatic rings. The predicted octanol–water partition coefficient (Wildman–Crippen LogP) is 1.30. The zero-order valence-corrected chi connectivity index (χ0v) is 11.3. The van der Waals surface area contributed by atoms with Crippen LogP contribution in [-0.2, 0) is 19.6 Å². The van der Waals surface area contributed by atoms with Gasteiger partial charge < -0.3 is 5.11 Å². The first-order valence-electron chi connectivity index (χ1n) is 6.56. The second-order valence-corrected chi connectivity index (χ2v) is 5.01. The molecule has 104 valence electrons. The molecule has 1 aliphatic heterocycles. The maximum Gasteiger partial charge on any atom is 0.337 e. The van der Waals surface area contributed by atoms with Gasteiger partial charge in [-0.15, -0.1) is 0 Å². The zero-order chi connectivity index (χ0) is 14.1. The second-order valence-electron chi connectivity index (χ2n) is 5.01. The van der Waals surface area contributed by atoms with Crippen molar-refractivity contribution in [3.05, 3.63) is 47.0 Å². The number of aromatic carboxylic acids is 1. The monoisotopic (exact) mass is 272 g/mol. The topological polar surface area (TPSA) is 71.2 Å². The van der Waals surface area contributed by atoms with Crippen molar-refractivity contribution in [1.29, 1.82) is 0 Å². The molecule has 6 heteroatoms. The molecule has 0 radical (unpaired) electrons. The highest BCUT2D eigenvalue weighted by molar-refractivity contribution is 5.88. The molecule has 3 rings (SSSR count). The lowest BCUT2D eigenvalue weighted by Crippen LogP contribution is -2.34. The van der Waals surface area contributed by atoms with Gasteiger partial charge in [0.05, 0.1) is 29.2 Å². The van der Waals surface area contributed by atoms with E-state index in [1.54, 1.807) is 18.3 Å². The molecular weight excluding hydrogens is 256 g/mol. The molecule has 0 saturated heterocycles. The van der Waals surface area contributed by atoms with Gasteiger partial charge in [0.2, 0.25) is 0 Å². The number of aryl methyl sites for hydroxylation is 1. The van der Waals surface area contributed by atoms with Gasteiger partial charge in [-0.25, -0.2) is 4.79 Å². The number of aromatic nitrogens is 3. The Hall–Kier alpha value is -2.21. The van der Waals surface area contributed by atoms with E-state index in [1.165, 1.54) is 5.69 Å². The average Bonchev–Trinajstić information content (AvgIpc) is 2.78. The quantitative estimate of drug-likeness (QED) is 0.912. The fraction of sp³-hybridized carbons (Fsp3) is 0.357. The molecule has 0 spiro atoms. The molecule has 2 aromatic heterocycles. The van der Waals surface area contributed by atoms with Crippen molar-refractivity contribution in [2.75, 3.05) is 6.54 Å². The fourth-order valence-corrected chi connectivity index (χ4v) is 2.57. The number of fused-ring (bicyclic) bond motifs is 1. The maximum absolute atomic E-state index is 11.2. The normalized spacial score (nSPS) is 15.1. The van der Waals surface area contributed by atoms with Gasteiger partial charge in [0.1, 0.15) is 0 Å². The number of hydrogen-bond donors (Lipinski definition) is 1. The molecule has 0 saturated carbocycles. The molecule has 0 bridgehead atoms. The number of nitrogens with zero attached hydrogens (tertiary/aromatic N) is 4. The molecular formula is C14H16N4O2. The van der Waals surface area contributed by atoms with E-state index in [-0.39, 0.29) is 5.56 Å². The molecule has 1 aliphatic rings. The lowest BCUT2D eigenvalue weighted by Gasteiger charge is -2.27. The van der Waals surface area contributed by atoms with Crippen molar-refractivity contribution in [3.8, 4) is 0 Å². The van der Waals surface area contributed by atoms with Crippen molar-refractivity contribution < 1.29 is 9.90 Å². The average molecular weight is 272 g/mol. The van der Waals surface area contributed by atoms with Crippen molar-refractivity contribution in [3.63, 3.8) is 0 Å². The van der Waals surface area contributed by atoms with Gasteiger partial charge in [0.15, 0.2) is 0 Å². The molecule has 3 heterocycles. The van der Waals surface area contributed by atoms with Crippen LogP contribution in [0.15, 0.2) is 24.4 Å². The first-order valence-corrected chi connectivity index (χ1v) is 6.56. The van der Waals surface area contributed by atoms with E-state index in [9.17, 15) is 9.90 Å². The lowest BCUT2D eigenvalue weighted by atomic mass is 10.1. The summed E-state index contributed by atoms with van der Waals surface area (Å²) in [6.07, 6.45) is 1.64. The van der Waals surface area contributed by atoms with Gasteiger partial charge >= 0.3 is 5.97 Å². The van der Waals surface area contributed by atoms with E-state index >= 15 is 0 Å². The number of hydrogen-bond acceptors (Lipinski definition) is 4. The molecule has 0 aromatic carbocycles. The first-order chi connectivity index (χ1) is 9.63. The minimum absolute atomic E-state index is 0.280. The molecule has 20 heavy (non-hydrogen) atoms. The number of carboxylic acids is 1. The summed E-state index contributed by atoms with van der Waals surface area (Å²) < 4.78 is 2.02. The highest BCUT2D eigenvalue weighted by Gasteiger charge is 2.20. The summed E-state index contributed by atoms with van der Waals surface area (Å²) in [6, 6.07) is 5.33. The van der Waals surface area contributed by atoms with Crippen molar-refractivity contribution in [2.45, 2.75) is 26.6 Å². The maximum atomic E-state index is 11.2. The third kappa shape index (κ3) is 2.42. The Morgan fingerprint density at radius 1 is 1.45 bits per heavy atom. The van der Waals surface area contributed by atoms with Crippen LogP contribution in [0.25, 0.3) is 0 Å². The minimum atomic E-state index is -0.925. The Labute approximate surface area is 116 Å². The third-order valence-corrected chi connectivity index (χ3v) is 3.49. The summed E-state index contributed by atoms with van der Waals surface area (Å²) in [4.78, 5) is 17.6. The van der Waals surface area contributed by atoms with E-state index in [4.69, 9.17) is 0 Å². The Balaban J connectivity index is 1.78. The molecule has 6 nitrogen and oxygen atoms in total. The largest absolute Gasteiger partial charge is 0.478 e. The summed E-state index contributed by atoms with van der Waals surface area (Å²) in [5.41, 5.74) is 3.08. The van der Waals surface area contributed by atoms with Gasteiger partial charge in [-0.05, 0) is 25.1 Å². The Kier molecular flexibility index (Phi) is 3.23. The smallest absolute Gasteiger partial charge is 0.337 e. The summed E-state index contributed by atoms with van der Waals surface area (Å²) in [5.74, 6) is -0.925. The van der Waals surface area contributed by atoms with Gasteiger partial charge in [0.25, 0.3) is 0 Å². The standard InChI is InChI=1S/C14H16N4O2/c1-10-7-11-8-17(5-6-18(11)16-10)9-13-12(14(19)20)3-2-4-15-13/h2-4,7H,5-6,8-9H2,1H3,(H,19,20). The van der Waals surface area contributed by atoms with Gasteiger partial charge in [-0.2, -0.15) is 5.10 Å². The fourth-order valence-electron chi connectivity index (χ4n) is 2.57. The SMILES string of the molecule is Cc1cc2n(n1)CCN(Cc1ncccc1C(=O)O)C2. The van der Waals surface area contributed by atoms with E-state index in [0.717, 1.165) is 25.3 Å². The van der Waals surface area contributed by atoms with E-state index < -0.39 is 5.97 Å². The van der Waals surface area contributed by atoms with Crippen molar-refractivity contribution >= 4 is 5.97 Å². The minimum Gasteiger partial charge on any atom is -0.478 e. The summed E-state index contributed by atoms with van der Waals surface area (Å²) in [6.45, 7) is 4.99. The summed E-state index contributed by atoms with van der Waals surface area (Å²) in [7, 11) is 0. The number of pyridine rings is 1. The lowest BCUT2D eigenvalue weighted by molar-refractivity contribution is 0.0693. The number of rotatable bonds is 3. The van der Waals surface area contributed by atoms with Crippen LogP contribution >= 0.6 is 0 Å². The van der Waals surface area contributed by atoms with Crippen LogP contribution in [0.5, 0.6) is 0 Å². The number of carboxylic acid groups (broad SMARTS) is 1. The second kappa shape index (κ2) is 5.05. The van der Waals surface area contributed by atoms with E-state index in [1.807, 2.05) is 11.6 Å². The third-order valence-electron chi connectivity index (χ3n) is 3.49. The van der Waals surface area contributed by atoms with Gasteiger partial charge in [0, 0.05) is 25.8 Å².